The van der Waals surface area contributed by atoms with Gasteiger partial charge < -0.3 is 4.90 Å². The van der Waals surface area contributed by atoms with Crippen LogP contribution < -0.4 is 4.90 Å². The monoisotopic (exact) mass is 305 g/mol. The molecule has 1 aliphatic heterocycles. The lowest BCUT2D eigenvalue weighted by Gasteiger charge is -2.19. The number of nitrogens with zero attached hydrogens (tertiary/aromatic N) is 3. The van der Waals surface area contributed by atoms with Crippen LogP contribution in [0.3, 0.4) is 0 Å². The van der Waals surface area contributed by atoms with Crippen molar-refractivity contribution in [1.29, 1.82) is 0 Å². The number of para-hydroxylation sites is 1. The Balaban J connectivity index is 1.75. The molecule has 2 heterocycles. The first-order valence-electron chi connectivity index (χ1n) is 7.31. The van der Waals surface area contributed by atoms with Crippen LogP contribution in [0.15, 0.2) is 76.8 Å². The van der Waals surface area contributed by atoms with Gasteiger partial charge in [-0.2, -0.15) is 0 Å². The Bertz CT molecular complexity index is 775. The second kappa shape index (κ2) is 5.81. The summed E-state index contributed by atoms with van der Waals surface area (Å²) >= 11 is 1.79. The summed E-state index contributed by atoms with van der Waals surface area (Å²) in [5.74, 6) is 0.780. The molecule has 0 saturated heterocycles. The minimum Gasteiger partial charge on any atom is -0.309 e. The van der Waals surface area contributed by atoms with Gasteiger partial charge in [-0.25, -0.2) is 9.97 Å². The first kappa shape index (κ1) is 13.3. The fourth-order valence-electron chi connectivity index (χ4n) is 2.75. The topological polar surface area (TPSA) is 29.0 Å². The summed E-state index contributed by atoms with van der Waals surface area (Å²) in [5, 5.41) is 0. The SMILES string of the molecule is c1ccc(Sc2cccc3c2N(c2ncccn2)CC3)cc1. The van der Waals surface area contributed by atoms with Crippen LogP contribution in [0.5, 0.6) is 0 Å². The molecule has 1 aromatic heterocycles. The van der Waals surface area contributed by atoms with Crippen LogP contribution in [0, 0.1) is 0 Å². The Hall–Kier alpha value is -2.33. The molecule has 0 amide bonds. The highest BCUT2D eigenvalue weighted by atomic mass is 32.2. The smallest absolute Gasteiger partial charge is 0.229 e. The van der Waals surface area contributed by atoms with E-state index in [0.717, 1.165) is 18.9 Å². The number of anilines is 2. The third-order valence-electron chi connectivity index (χ3n) is 3.72. The summed E-state index contributed by atoms with van der Waals surface area (Å²) in [6.07, 6.45) is 4.64. The Labute approximate surface area is 134 Å². The van der Waals surface area contributed by atoms with Crippen LogP contribution in [0.1, 0.15) is 5.56 Å². The zero-order valence-electron chi connectivity index (χ0n) is 12.0. The van der Waals surface area contributed by atoms with Crippen molar-refractivity contribution in [1.82, 2.24) is 9.97 Å². The predicted octanol–water partition coefficient (Wildman–Crippen LogP) is 4.32. The van der Waals surface area contributed by atoms with Crippen molar-refractivity contribution in [3.8, 4) is 0 Å². The molecule has 22 heavy (non-hydrogen) atoms. The van der Waals surface area contributed by atoms with Gasteiger partial charge in [0.05, 0.1) is 5.69 Å². The number of fused-ring (bicyclic) bond motifs is 1. The fraction of sp³-hybridized carbons (Fsp3) is 0.111. The van der Waals surface area contributed by atoms with Gasteiger partial charge in [0.25, 0.3) is 0 Å². The van der Waals surface area contributed by atoms with E-state index in [1.807, 2.05) is 12.1 Å². The van der Waals surface area contributed by atoms with E-state index in [1.165, 1.54) is 21.0 Å². The van der Waals surface area contributed by atoms with E-state index in [-0.39, 0.29) is 0 Å². The van der Waals surface area contributed by atoms with Crippen LogP contribution in [0.25, 0.3) is 0 Å². The number of rotatable bonds is 3. The van der Waals surface area contributed by atoms with Crippen molar-refractivity contribution in [2.75, 3.05) is 11.4 Å². The van der Waals surface area contributed by atoms with Gasteiger partial charge >= 0.3 is 0 Å². The van der Waals surface area contributed by atoms with E-state index in [2.05, 4.69) is 57.3 Å². The number of aromatic nitrogens is 2. The number of hydrogen-bond acceptors (Lipinski definition) is 4. The van der Waals surface area contributed by atoms with E-state index in [4.69, 9.17) is 0 Å². The van der Waals surface area contributed by atoms with Crippen molar-refractivity contribution in [3.63, 3.8) is 0 Å². The van der Waals surface area contributed by atoms with Crippen molar-refractivity contribution >= 4 is 23.4 Å². The molecule has 0 atom stereocenters. The molecule has 0 spiro atoms. The Morgan fingerprint density at radius 1 is 0.864 bits per heavy atom. The van der Waals surface area contributed by atoms with Gasteiger partial charge in [0.1, 0.15) is 0 Å². The molecular formula is C18H15N3S. The van der Waals surface area contributed by atoms with Gasteiger partial charge in [-0.05, 0) is 36.2 Å². The Kier molecular flexibility index (Phi) is 3.52. The minimum absolute atomic E-state index is 0.780. The predicted molar refractivity (Wildman–Crippen MR) is 89.7 cm³/mol. The standard InChI is InChI=1S/C18H15N3S/c1-2-7-15(8-3-1)22-16-9-4-6-14-10-13-21(17(14)16)18-19-11-5-12-20-18/h1-9,11-12H,10,13H2. The fourth-order valence-corrected chi connectivity index (χ4v) is 3.78. The molecule has 0 radical (unpaired) electrons. The summed E-state index contributed by atoms with van der Waals surface area (Å²) in [6.45, 7) is 0.936. The summed E-state index contributed by atoms with van der Waals surface area (Å²) in [4.78, 5) is 13.6. The van der Waals surface area contributed by atoms with Crippen molar-refractivity contribution < 1.29 is 0 Å². The van der Waals surface area contributed by atoms with Crippen LogP contribution >= 0.6 is 11.8 Å². The van der Waals surface area contributed by atoms with E-state index in [1.54, 1.807) is 24.2 Å². The minimum atomic E-state index is 0.780. The Morgan fingerprint density at radius 2 is 1.68 bits per heavy atom. The zero-order chi connectivity index (χ0) is 14.8. The van der Waals surface area contributed by atoms with Crippen LogP contribution in [-0.4, -0.2) is 16.5 Å². The summed E-state index contributed by atoms with van der Waals surface area (Å²) in [5.41, 5.74) is 2.62. The molecule has 3 nitrogen and oxygen atoms in total. The van der Waals surface area contributed by atoms with E-state index in [9.17, 15) is 0 Å². The maximum absolute atomic E-state index is 4.41. The number of hydrogen-bond donors (Lipinski definition) is 0. The summed E-state index contributed by atoms with van der Waals surface area (Å²) in [6, 6.07) is 18.8. The van der Waals surface area contributed by atoms with E-state index >= 15 is 0 Å². The first-order valence-corrected chi connectivity index (χ1v) is 8.13. The molecule has 0 aliphatic carbocycles. The van der Waals surface area contributed by atoms with Crippen molar-refractivity contribution in [3.05, 3.63) is 72.6 Å². The summed E-state index contributed by atoms with van der Waals surface area (Å²) < 4.78 is 0. The van der Waals surface area contributed by atoms with Crippen molar-refractivity contribution in [2.45, 2.75) is 16.2 Å². The van der Waals surface area contributed by atoms with Crippen LogP contribution in [-0.2, 0) is 6.42 Å². The second-order valence-electron chi connectivity index (χ2n) is 5.13. The van der Waals surface area contributed by atoms with E-state index in [0.29, 0.717) is 0 Å². The molecule has 2 aromatic carbocycles. The largest absolute Gasteiger partial charge is 0.309 e. The molecule has 0 N–H and O–H groups in total. The first-order chi connectivity index (χ1) is 10.9. The van der Waals surface area contributed by atoms with Gasteiger partial charge in [-0.3, -0.25) is 0 Å². The molecule has 4 heteroatoms. The lowest BCUT2D eigenvalue weighted by Crippen LogP contribution is -2.16. The Morgan fingerprint density at radius 3 is 2.50 bits per heavy atom. The third-order valence-corrected chi connectivity index (χ3v) is 4.78. The lowest BCUT2D eigenvalue weighted by atomic mass is 10.2. The van der Waals surface area contributed by atoms with Gasteiger partial charge in [0.2, 0.25) is 5.95 Å². The average molecular weight is 305 g/mol. The quantitative estimate of drug-likeness (QED) is 0.720. The van der Waals surface area contributed by atoms with Crippen LogP contribution in [0.2, 0.25) is 0 Å². The maximum Gasteiger partial charge on any atom is 0.229 e. The zero-order valence-corrected chi connectivity index (χ0v) is 12.8. The van der Waals surface area contributed by atoms with Gasteiger partial charge in [0, 0.05) is 28.7 Å². The molecule has 0 bridgehead atoms. The molecule has 0 fully saturated rings. The molecule has 1 aliphatic rings. The number of benzene rings is 2. The maximum atomic E-state index is 4.41. The normalized spacial score (nSPS) is 13.2. The molecule has 0 unspecified atom stereocenters. The van der Waals surface area contributed by atoms with Gasteiger partial charge in [0.15, 0.2) is 0 Å². The van der Waals surface area contributed by atoms with Gasteiger partial charge in [-0.15, -0.1) is 0 Å². The van der Waals surface area contributed by atoms with Gasteiger partial charge in [-0.1, -0.05) is 42.1 Å². The second-order valence-corrected chi connectivity index (χ2v) is 6.24. The van der Waals surface area contributed by atoms with E-state index < -0.39 is 0 Å². The average Bonchev–Trinajstić information content (AvgIpc) is 3.02. The molecular weight excluding hydrogens is 290 g/mol. The molecule has 108 valence electrons. The third kappa shape index (κ3) is 2.46. The lowest BCUT2D eigenvalue weighted by molar-refractivity contribution is 0.935. The van der Waals surface area contributed by atoms with Crippen molar-refractivity contribution in [2.24, 2.45) is 0 Å². The molecule has 3 aromatic rings. The highest BCUT2D eigenvalue weighted by molar-refractivity contribution is 7.99. The van der Waals surface area contributed by atoms with Crippen LogP contribution in [0.4, 0.5) is 11.6 Å². The molecule has 4 rings (SSSR count). The summed E-state index contributed by atoms with van der Waals surface area (Å²) in [7, 11) is 0. The molecule has 0 saturated carbocycles. The highest BCUT2D eigenvalue weighted by Gasteiger charge is 2.25. The highest BCUT2D eigenvalue weighted by Crippen LogP contribution is 2.42.